The van der Waals surface area contributed by atoms with E-state index < -0.39 is 5.97 Å². The maximum atomic E-state index is 11.9. The van der Waals surface area contributed by atoms with Crippen LogP contribution in [0.2, 0.25) is 0 Å². The molecular weight excluding hydrogens is 428 g/mol. The van der Waals surface area contributed by atoms with Gasteiger partial charge < -0.3 is 14.6 Å². The molecule has 1 N–H and O–H groups in total. The molecule has 3 aromatic rings. The van der Waals surface area contributed by atoms with Crippen LogP contribution in [0, 0.1) is 0 Å². The highest BCUT2D eigenvalue weighted by molar-refractivity contribution is 5.98. The lowest BCUT2D eigenvalue weighted by molar-refractivity contribution is -0.135. The van der Waals surface area contributed by atoms with Crippen molar-refractivity contribution >= 4 is 29.2 Å². The molecule has 0 amide bonds. The zero-order valence-electron chi connectivity index (χ0n) is 19.4. The number of esters is 1. The molecule has 174 valence electrons. The molecule has 0 saturated carbocycles. The minimum atomic E-state index is -0.981. The largest absolute Gasteiger partial charge is 0.478 e. The molecule has 0 atom stereocenters. The Bertz CT molecular complexity index is 1160. The summed E-state index contributed by atoms with van der Waals surface area (Å²) in [4.78, 5) is 22.8. The fourth-order valence-electron chi connectivity index (χ4n) is 3.67. The number of aliphatic carboxylic acids is 1. The number of rotatable bonds is 10. The van der Waals surface area contributed by atoms with E-state index in [-0.39, 0.29) is 12.4 Å². The average Bonchev–Trinajstić information content (AvgIpc) is 2.86. The normalized spacial score (nSPS) is 11.8. The van der Waals surface area contributed by atoms with Crippen LogP contribution in [0.1, 0.15) is 42.0 Å². The third kappa shape index (κ3) is 6.77. The lowest BCUT2D eigenvalue weighted by Gasteiger charge is -2.17. The minimum absolute atomic E-state index is 0.195. The predicted octanol–water partition coefficient (Wildman–Crippen LogP) is 6.10. The number of methoxy groups -OCH3 is 1. The van der Waals surface area contributed by atoms with Crippen molar-refractivity contribution in [3.63, 3.8) is 0 Å². The zero-order valence-corrected chi connectivity index (χ0v) is 19.4. The van der Waals surface area contributed by atoms with Crippen LogP contribution in [0.15, 0.2) is 84.9 Å². The first-order valence-electron chi connectivity index (χ1n) is 11.1. The number of carboxylic acids is 1. The van der Waals surface area contributed by atoms with Crippen molar-refractivity contribution in [2.75, 3.05) is 13.7 Å². The number of hydrogen-bond donors (Lipinski definition) is 1. The number of carbonyl (C=O) groups is 2. The average molecular weight is 457 g/mol. The molecule has 3 aromatic carbocycles. The highest BCUT2D eigenvalue weighted by Gasteiger charge is 2.14. The summed E-state index contributed by atoms with van der Waals surface area (Å²) in [7, 11) is 1.54. The molecule has 5 nitrogen and oxygen atoms in total. The van der Waals surface area contributed by atoms with Crippen LogP contribution >= 0.6 is 0 Å². The SMILES string of the molecule is CCC(=C(c1ccc(C=CC(=O)O)cc1)c1ccc(OC(=O)CCOC)cc1)c1ccccc1. The molecule has 0 aliphatic heterocycles. The molecule has 0 radical (unpaired) electrons. The Morgan fingerprint density at radius 2 is 1.47 bits per heavy atom. The monoisotopic (exact) mass is 456 g/mol. The van der Waals surface area contributed by atoms with Crippen LogP contribution in [0.25, 0.3) is 17.2 Å². The van der Waals surface area contributed by atoms with Crippen molar-refractivity contribution < 1.29 is 24.2 Å². The molecule has 0 saturated heterocycles. The zero-order chi connectivity index (χ0) is 24.3. The van der Waals surface area contributed by atoms with Crippen LogP contribution < -0.4 is 4.74 Å². The molecule has 0 bridgehead atoms. The molecule has 0 spiro atoms. The lowest BCUT2D eigenvalue weighted by atomic mass is 9.88. The first-order valence-corrected chi connectivity index (χ1v) is 11.1. The molecule has 5 heteroatoms. The number of ether oxygens (including phenoxy) is 2. The number of benzene rings is 3. The van der Waals surface area contributed by atoms with E-state index in [9.17, 15) is 9.59 Å². The Kier molecular flexibility index (Phi) is 8.95. The molecule has 0 unspecified atom stereocenters. The molecule has 34 heavy (non-hydrogen) atoms. The highest BCUT2D eigenvalue weighted by Crippen LogP contribution is 2.35. The van der Waals surface area contributed by atoms with Crippen LogP contribution in [0.4, 0.5) is 0 Å². The summed E-state index contributed by atoms with van der Waals surface area (Å²) in [6, 6.07) is 25.5. The maximum Gasteiger partial charge on any atom is 0.328 e. The van der Waals surface area contributed by atoms with Gasteiger partial charge in [-0.3, -0.25) is 4.79 Å². The predicted molar refractivity (Wildman–Crippen MR) is 134 cm³/mol. The smallest absolute Gasteiger partial charge is 0.328 e. The number of carbonyl (C=O) groups excluding carboxylic acids is 1. The topological polar surface area (TPSA) is 72.8 Å². The highest BCUT2D eigenvalue weighted by atomic mass is 16.5. The first-order chi connectivity index (χ1) is 16.5. The van der Waals surface area contributed by atoms with E-state index in [1.165, 1.54) is 5.57 Å². The summed E-state index contributed by atoms with van der Waals surface area (Å²) in [6.45, 7) is 2.44. The van der Waals surface area contributed by atoms with Crippen molar-refractivity contribution in [1.82, 2.24) is 0 Å². The van der Waals surface area contributed by atoms with Crippen molar-refractivity contribution in [3.8, 4) is 5.75 Å². The quantitative estimate of drug-likeness (QED) is 0.173. The van der Waals surface area contributed by atoms with E-state index in [0.29, 0.717) is 12.4 Å². The molecule has 0 aliphatic carbocycles. The Morgan fingerprint density at radius 1 is 0.853 bits per heavy atom. The van der Waals surface area contributed by atoms with Gasteiger partial charge in [0.2, 0.25) is 0 Å². The molecule has 0 aliphatic rings. The molecule has 0 fully saturated rings. The third-order valence-corrected chi connectivity index (χ3v) is 5.28. The van der Waals surface area contributed by atoms with E-state index in [1.807, 2.05) is 54.6 Å². The van der Waals surface area contributed by atoms with E-state index >= 15 is 0 Å². The van der Waals surface area contributed by atoms with Crippen LogP contribution in [-0.4, -0.2) is 30.8 Å². The van der Waals surface area contributed by atoms with Gasteiger partial charge in [-0.05, 0) is 58.0 Å². The standard InChI is InChI=1S/C29H28O5/c1-3-26(22-7-5-4-6-8-22)29(23-12-9-21(10-13-23)11-18-27(30)31)24-14-16-25(17-15-24)34-28(32)19-20-33-2/h4-18H,3,19-20H2,1-2H3,(H,30,31). The van der Waals surface area contributed by atoms with E-state index in [2.05, 4.69) is 19.1 Å². The van der Waals surface area contributed by atoms with Gasteiger partial charge in [-0.25, -0.2) is 4.79 Å². The minimum Gasteiger partial charge on any atom is -0.478 e. The molecule has 0 aromatic heterocycles. The van der Waals surface area contributed by atoms with Gasteiger partial charge in [0, 0.05) is 13.2 Å². The second kappa shape index (κ2) is 12.3. The summed E-state index contributed by atoms with van der Waals surface area (Å²) in [5, 5.41) is 8.88. The second-order valence-corrected chi connectivity index (χ2v) is 7.61. The maximum absolute atomic E-state index is 11.9. The van der Waals surface area contributed by atoms with Gasteiger partial charge in [0.05, 0.1) is 13.0 Å². The van der Waals surface area contributed by atoms with Crippen molar-refractivity contribution in [2.45, 2.75) is 19.8 Å². The fraction of sp³-hybridized carbons (Fsp3) is 0.172. The van der Waals surface area contributed by atoms with Gasteiger partial charge >= 0.3 is 11.9 Å². The summed E-state index contributed by atoms with van der Waals surface area (Å²) < 4.78 is 10.3. The Hall–Kier alpha value is -3.96. The molecule has 3 rings (SSSR count). The van der Waals surface area contributed by atoms with Crippen LogP contribution in [0.5, 0.6) is 5.75 Å². The molecule has 0 heterocycles. The van der Waals surface area contributed by atoms with E-state index in [4.69, 9.17) is 14.6 Å². The summed E-state index contributed by atoms with van der Waals surface area (Å²) in [5.74, 6) is -0.838. The van der Waals surface area contributed by atoms with Crippen LogP contribution in [0.3, 0.4) is 0 Å². The second-order valence-electron chi connectivity index (χ2n) is 7.61. The van der Waals surface area contributed by atoms with Gasteiger partial charge in [0.1, 0.15) is 5.75 Å². The Balaban J connectivity index is 2.02. The lowest BCUT2D eigenvalue weighted by Crippen LogP contribution is -2.10. The number of hydrogen-bond acceptors (Lipinski definition) is 4. The van der Waals surface area contributed by atoms with Crippen LogP contribution in [-0.2, 0) is 14.3 Å². The van der Waals surface area contributed by atoms with Gasteiger partial charge in [0.25, 0.3) is 0 Å². The van der Waals surface area contributed by atoms with Crippen molar-refractivity contribution in [2.24, 2.45) is 0 Å². The van der Waals surface area contributed by atoms with Crippen molar-refractivity contribution in [1.29, 1.82) is 0 Å². The summed E-state index contributed by atoms with van der Waals surface area (Å²) >= 11 is 0. The van der Waals surface area contributed by atoms with Gasteiger partial charge in [-0.1, -0.05) is 73.7 Å². The summed E-state index contributed by atoms with van der Waals surface area (Å²) in [6.07, 6.45) is 3.70. The van der Waals surface area contributed by atoms with Crippen molar-refractivity contribution in [3.05, 3.63) is 107 Å². The Labute approximate surface area is 200 Å². The first kappa shape index (κ1) is 24.7. The molecular formula is C29H28O5. The van der Waals surface area contributed by atoms with Gasteiger partial charge in [-0.15, -0.1) is 0 Å². The number of carboxylic acid groups (broad SMARTS) is 1. The fourth-order valence-corrected chi connectivity index (χ4v) is 3.67. The van der Waals surface area contributed by atoms with Gasteiger partial charge in [-0.2, -0.15) is 0 Å². The van der Waals surface area contributed by atoms with E-state index in [0.717, 1.165) is 40.3 Å². The number of allylic oxidation sites excluding steroid dienone is 1. The Morgan fingerprint density at radius 3 is 2.03 bits per heavy atom. The third-order valence-electron chi connectivity index (χ3n) is 5.28. The van der Waals surface area contributed by atoms with E-state index in [1.54, 1.807) is 25.3 Å². The summed E-state index contributed by atoms with van der Waals surface area (Å²) in [5.41, 5.74) is 6.19. The van der Waals surface area contributed by atoms with Gasteiger partial charge in [0.15, 0.2) is 0 Å².